The highest BCUT2D eigenvalue weighted by Gasteiger charge is 2.23. The van der Waals surface area contributed by atoms with Crippen LogP contribution in [0.25, 0.3) is 0 Å². The molecule has 0 atom stereocenters. The monoisotopic (exact) mass is 273 g/mol. The molecule has 0 unspecified atom stereocenters. The molecule has 0 fully saturated rings. The fourth-order valence-electron chi connectivity index (χ4n) is 1.41. The van der Waals surface area contributed by atoms with Crippen molar-refractivity contribution in [3.8, 4) is 0 Å². The number of pyridine rings is 1. The Hall–Kier alpha value is -1.18. The van der Waals surface area contributed by atoms with Crippen LogP contribution in [0.5, 0.6) is 0 Å². The summed E-state index contributed by atoms with van der Waals surface area (Å²) in [5, 5.41) is 2.78. The van der Waals surface area contributed by atoms with Gasteiger partial charge in [0, 0.05) is 33.4 Å². The van der Waals surface area contributed by atoms with Crippen LogP contribution in [0.4, 0.5) is 5.82 Å². The van der Waals surface area contributed by atoms with Gasteiger partial charge in [0.25, 0.3) is 0 Å². The summed E-state index contributed by atoms with van der Waals surface area (Å²) in [7, 11) is -0.365. The number of hydrogen-bond donors (Lipinski definition) is 1. The smallest absolute Gasteiger partial charge is 0.246 e. The number of sulfonamides is 1. The summed E-state index contributed by atoms with van der Waals surface area (Å²) < 4.78 is 31.0. The van der Waals surface area contributed by atoms with Crippen LogP contribution in [-0.2, 0) is 14.8 Å². The predicted octanol–water partition coefficient (Wildman–Crippen LogP) is 0.780. The zero-order chi connectivity index (χ0) is 13.6. The third-order valence-electron chi connectivity index (χ3n) is 2.45. The van der Waals surface area contributed by atoms with Crippen molar-refractivity contribution in [3.63, 3.8) is 0 Å². The maximum atomic E-state index is 12.3. The van der Waals surface area contributed by atoms with Gasteiger partial charge in [0.15, 0.2) is 0 Å². The molecule has 0 aromatic carbocycles. The Bertz CT molecular complexity index is 476. The molecule has 1 heterocycles. The number of likely N-dealkylation sites (N-methyl/N-ethyl adjacent to an activating group) is 1. The molecule has 6 nitrogen and oxygen atoms in total. The van der Waals surface area contributed by atoms with Crippen LogP contribution in [-0.4, -0.2) is 51.6 Å². The molecule has 1 aromatic rings. The van der Waals surface area contributed by atoms with Gasteiger partial charge >= 0.3 is 0 Å². The van der Waals surface area contributed by atoms with E-state index in [0.29, 0.717) is 25.6 Å². The second-order valence-electron chi connectivity index (χ2n) is 3.62. The molecule has 0 spiro atoms. The molecular formula is C11H19N3O3S. The van der Waals surface area contributed by atoms with Crippen molar-refractivity contribution >= 4 is 15.8 Å². The lowest BCUT2D eigenvalue weighted by atomic mass is 10.5. The SMILES string of the molecule is CCOCCN(C)S(=O)(=O)c1cccnc1NC. The Morgan fingerprint density at radius 3 is 2.83 bits per heavy atom. The number of nitrogens with zero attached hydrogens (tertiary/aromatic N) is 2. The lowest BCUT2D eigenvalue weighted by Gasteiger charge is -2.18. The molecule has 1 N–H and O–H groups in total. The van der Waals surface area contributed by atoms with Crippen molar-refractivity contribution < 1.29 is 13.2 Å². The summed E-state index contributed by atoms with van der Waals surface area (Å²) in [5.41, 5.74) is 0. The minimum atomic E-state index is -3.53. The Kier molecular flexibility index (Phi) is 5.52. The van der Waals surface area contributed by atoms with Crippen molar-refractivity contribution in [2.24, 2.45) is 0 Å². The summed E-state index contributed by atoms with van der Waals surface area (Å²) in [6.45, 7) is 3.13. The molecule has 0 aliphatic rings. The molecule has 1 rings (SSSR count). The topological polar surface area (TPSA) is 71.5 Å². The van der Waals surface area contributed by atoms with E-state index in [9.17, 15) is 8.42 Å². The molecular weight excluding hydrogens is 254 g/mol. The lowest BCUT2D eigenvalue weighted by molar-refractivity contribution is 0.138. The Balaban J connectivity index is 2.91. The van der Waals surface area contributed by atoms with Gasteiger partial charge in [-0.25, -0.2) is 13.4 Å². The number of hydrogen-bond acceptors (Lipinski definition) is 5. The van der Waals surface area contributed by atoms with Gasteiger partial charge in [-0.15, -0.1) is 0 Å². The van der Waals surface area contributed by atoms with Crippen LogP contribution in [0.15, 0.2) is 23.2 Å². The first-order valence-corrected chi connectivity index (χ1v) is 7.15. The van der Waals surface area contributed by atoms with Gasteiger partial charge in [0.05, 0.1) is 6.61 Å². The maximum Gasteiger partial charge on any atom is 0.246 e. The number of aromatic nitrogens is 1. The molecule has 0 radical (unpaired) electrons. The summed E-state index contributed by atoms with van der Waals surface area (Å²) in [4.78, 5) is 4.17. The average molecular weight is 273 g/mol. The van der Waals surface area contributed by atoms with Crippen molar-refractivity contribution in [3.05, 3.63) is 18.3 Å². The predicted molar refractivity (Wildman–Crippen MR) is 70.1 cm³/mol. The van der Waals surface area contributed by atoms with E-state index in [1.165, 1.54) is 17.4 Å². The highest BCUT2D eigenvalue weighted by atomic mass is 32.2. The van der Waals surface area contributed by atoms with Crippen molar-refractivity contribution in [1.29, 1.82) is 0 Å². The van der Waals surface area contributed by atoms with Crippen LogP contribution in [0.1, 0.15) is 6.92 Å². The van der Waals surface area contributed by atoms with Gasteiger partial charge in [-0.1, -0.05) is 0 Å². The second-order valence-corrected chi connectivity index (χ2v) is 5.64. The first-order chi connectivity index (χ1) is 8.54. The molecule has 0 saturated heterocycles. The summed E-state index contributed by atoms with van der Waals surface area (Å²) in [6.07, 6.45) is 1.55. The largest absolute Gasteiger partial charge is 0.380 e. The van der Waals surface area contributed by atoms with Gasteiger partial charge < -0.3 is 10.1 Å². The highest BCUT2D eigenvalue weighted by molar-refractivity contribution is 7.89. The zero-order valence-corrected chi connectivity index (χ0v) is 11.7. The van der Waals surface area contributed by atoms with Crippen molar-refractivity contribution in [1.82, 2.24) is 9.29 Å². The van der Waals surface area contributed by atoms with Crippen LogP contribution < -0.4 is 5.32 Å². The van der Waals surface area contributed by atoms with Gasteiger partial charge in [-0.05, 0) is 19.1 Å². The van der Waals surface area contributed by atoms with E-state index in [1.54, 1.807) is 19.3 Å². The zero-order valence-electron chi connectivity index (χ0n) is 10.9. The van der Waals surface area contributed by atoms with E-state index in [-0.39, 0.29) is 4.90 Å². The first kappa shape index (κ1) is 14.9. The molecule has 7 heteroatoms. The molecule has 18 heavy (non-hydrogen) atoms. The molecule has 0 aliphatic heterocycles. The number of anilines is 1. The molecule has 1 aromatic heterocycles. The fourth-order valence-corrected chi connectivity index (χ4v) is 2.71. The fraction of sp³-hybridized carbons (Fsp3) is 0.545. The van der Waals surface area contributed by atoms with Crippen LogP contribution >= 0.6 is 0 Å². The molecule has 0 amide bonds. The van der Waals surface area contributed by atoms with Crippen molar-refractivity contribution in [2.75, 3.05) is 39.2 Å². The molecule has 0 saturated carbocycles. The van der Waals surface area contributed by atoms with Crippen LogP contribution in [0.2, 0.25) is 0 Å². The summed E-state index contributed by atoms with van der Waals surface area (Å²) in [5.74, 6) is 0.348. The van der Waals surface area contributed by atoms with Crippen LogP contribution in [0, 0.1) is 0 Å². The van der Waals surface area contributed by atoms with Crippen LogP contribution in [0.3, 0.4) is 0 Å². The average Bonchev–Trinajstić information content (AvgIpc) is 2.38. The van der Waals surface area contributed by atoms with Gasteiger partial charge in [-0.2, -0.15) is 4.31 Å². The highest BCUT2D eigenvalue weighted by Crippen LogP contribution is 2.20. The minimum Gasteiger partial charge on any atom is -0.380 e. The number of nitrogens with one attached hydrogen (secondary N) is 1. The Morgan fingerprint density at radius 1 is 1.50 bits per heavy atom. The van der Waals surface area contributed by atoms with Gasteiger partial charge in [-0.3, -0.25) is 0 Å². The number of rotatable bonds is 7. The first-order valence-electron chi connectivity index (χ1n) is 5.71. The normalized spacial score (nSPS) is 11.8. The summed E-state index contributed by atoms with van der Waals surface area (Å²) in [6, 6.07) is 3.13. The van der Waals surface area contributed by atoms with Gasteiger partial charge in [0.2, 0.25) is 10.0 Å². The molecule has 0 aliphatic carbocycles. The lowest BCUT2D eigenvalue weighted by Crippen LogP contribution is -2.31. The van der Waals surface area contributed by atoms with E-state index < -0.39 is 10.0 Å². The molecule has 0 bridgehead atoms. The van der Waals surface area contributed by atoms with E-state index in [4.69, 9.17) is 4.74 Å². The van der Waals surface area contributed by atoms with E-state index >= 15 is 0 Å². The van der Waals surface area contributed by atoms with E-state index in [0.717, 1.165) is 0 Å². The van der Waals surface area contributed by atoms with Gasteiger partial charge in [0.1, 0.15) is 10.7 Å². The maximum absolute atomic E-state index is 12.3. The second kappa shape index (κ2) is 6.67. The quantitative estimate of drug-likeness (QED) is 0.743. The Labute approximate surface area is 108 Å². The Morgan fingerprint density at radius 2 is 2.22 bits per heavy atom. The number of ether oxygens (including phenoxy) is 1. The standard InChI is InChI=1S/C11H19N3O3S/c1-4-17-9-8-14(3)18(15,16)10-6-5-7-13-11(10)12-2/h5-7H,4,8-9H2,1-3H3,(H,12,13). The van der Waals surface area contributed by atoms with E-state index in [2.05, 4.69) is 10.3 Å². The summed E-state index contributed by atoms with van der Waals surface area (Å²) >= 11 is 0. The third kappa shape index (κ3) is 3.41. The van der Waals surface area contributed by atoms with E-state index in [1.807, 2.05) is 6.92 Å². The third-order valence-corrected chi connectivity index (χ3v) is 4.34. The minimum absolute atomic E-state index is 0.173. The van der Waals surface area contributed by atoms with Crippen molar-refractivity contribution in [2.45, 2.75) is 11.8 Å². The molecule has 102 valence electrons.